The van der Waals surface area contributed by atoms with E-state index < -0.39 is 0 Å². The standard InChI is InChI=1S/C10H13ClO.C5H5.C3H6.2ClH.Ti/c1-10(2,3)7-4-8(11)6-9(12)5-7;1-2-4-5-3-1;1-3-2;;;/h4-6,12H,1-3H3;1-3H,4H2;1-2H3;2*1H;/q;-1;;;;+1. The minimum Gasteiger partial charge on any atom is -0.273 e. The summed E-state index contributed by atoms with van der Waals surface area (Å²) in [4.78, 5) is 0. The molecule has 23 heavy (non-hydrogen) atoms. The molecule has 0 saturated heterocycles. The van der Waals surface area contributed by atoms with E-state index in [1.807, 2.05) is 18.2 Å². The normalized spacial score (nSPS) is 11.1. The van der Waals surface area contributed by atoms with Crippen molar-refractivity contribution in [3.05, 3.63) is 53.1 Å². The van der Waals surface area contributed by atoms with Gasteiger partial charge in [0, 0.05) is 5.02 Å². The van der Waals surface area contributed by atoms with Crippen molar-refractivity contribution >= 4 is 40.2 Å². The average Bonchev–Trinajstić information content (AvgIpc) is 2.83. The molecule has 0 amide bonds. The first kappa shape index (κ1) is 27.8. The molecule has 0 aromatic heterocycles. The molecule has 0 atom stereocenters. The molecule has 5 heteroatoms. The molecule has 0 aliphatic heterocycles. The van der Waals surface area contributed by atoms with Crippen molar-refractivity contribution in [3.63, 3.8) is 0 Å². The van der Waals surface area contributed by atoms with E-state index in [9.17, 15) is 5.11 Å². The minimum absolute atomic E-state index is 0. The van der Waals surface area contributed by atoms with Crippen LogP contribution in [-0.2, 0) is 25.4 Å². The second kappa shape index (κ2) is 14.3. The molecule has 0 heterocycles. The van der Waals surface area contributed by atoms with E-state index in [1.165, 1.54) is 9.88 Å². The summed E-state index contributed by atoms with van der Waals surface area (Å²) in [5.74, 6) is 0.229. The predicted octanol–water partition coefficient (Wildman–Crippen LogP) is 6.24. The molecule has 129 valence electrons. The molecular formula is C18H26Cl3OTi. The zero-order valence-corrected chi connectivity index (χ0v) is 18.3. The Balaban J connectivity index is -0.000000305. The number of phenolic OH excluding ortho intramolecular Hbond substituents is 1. The van der Waals surface area contributed by atoms with Crippen LogP contribution >= 0.6 is 36.4 Å². The van der Waals surface area contributed by atoms with Crippen molar-refractivity contribution in [1.29, 1.82) is 0 Å². The molecule has 0 saturated carbocycles. The van der Waals surface area contributed by atoms with E-state index in [-0.39, 0.29) is 36.0 Å². The largest absolute Gasteiger partial charge is 0.273 e. The number of hydrogen-bond acceptors (Lipinski definition) is 1. The first-order chi connectivity index (χ1) is 9.62. The number of hydrogen-bond donors (Lipinski definition) is 1. The molecule has 0 spiro atoms. The summed E-state index contributed by atoms with van der Waals surface area (Å²) < 4.78 is 1.42. The van der Waals surface area contributed by atoms with Crippen molar-refractivity contribution in [2.75, 3.05) is 0 Å². The molecule has 1 nitrogen and oxygen atoms in total. The van der Waals surface area contributed by atoms with Crippen molar-refractivity contribution in [2.24, 2.45) is 0 Å². The summed E-state index contributed by atoms with van der Waals surface area (Å²) in [7, 11) is 0. The molecule has 0 bridgehead atoms. The van der Waals surface area contributed by atoms with Crippen molar-refractivity contribution in [1.82, 2.24) is 0 Å². The fourth-order valence-corrected chi connectivity index (χ4v) is 1.58. The van der Waals surface area contributed by atoms with E-state index in [0.29, 0.717) is 5.02 Å². The van der Waals surface area contributed by atoms with Crippen LogP contribution in [0.15, 0.2) is 36.4 Å². The van der Waals surface area contributed by atoms with Gasteiger partial charge in [0.25, 0.3) is 0 Å². The van der Waals surface area contributed by atoms with E-state index in [4.69, 9.17) is 11.6 Å². The summed E-state index contributed by atoms with van der Waals surface area (Å²) in [5.41, 5.74) is 1.08. The molecule has 1 aromatic carbocycles. The van der Waals surface area contributed by atoms with E-state index in [2.05, 4.69) is 66.7 Å². The van der Waals surface area contributed by atoms with Crippen LogP contribution in [0.5, 0.6) is 5.75 Å². The molecule has 1 aromatic rings. The van der Waals surface area contributed by atoms with Crippen LogP contribution in [0, 0.1) is 6.08 Å². The Morgan fingerprint density at radius 3 is 1.96 bits per heavy atom. The monoisotopic (exact) mass is 411 g/mol. The molecule has 1 aliphatic carbocycles. The molecular weight excluding hydrogens is 386 g/mol. The SMILES string of the molecule is CC(C)(C)c1cc(O)cc(Cl)c1.C[C](C)=[Ti+].Cl.Cl.[C-]1=CC=CC1. The first-order valence-corrected chi connectivity index (χ1v) is 8.02. The van der Waals surface area contributed by atoms with Gasteiger partial charge in [-0.15, -0.1) is 31.2 Å². The second-order valence-corrected chi connectivity index (χ2v) is 7.95. The Labute approximate surface area is 169 Å². The molecule has 1 aliphatic rings. The molecule has 0 fully saturated rings. The van der Waals surface area contributed by atoms with Crippen LogP contribution in [0.3, 0.4) is 0 Å². The molecule has 0 unspecified atom stereocenters. The number of benzene rings is 1. The summed E-state index contributed by atoms with van der Waals surface area (Å²) >= 11 is 7.88. The fraction of sp³-hybridized carbons (Fsp3) is 0.389. The maximum Gasteiger partial charge on any atom is -0.109 e. The van der Waals surface area contributed by atoms with E-state index in [1.54, 1.807) is 6.07 Å². The Morgan fingerprint density at radius 2 is 1.70 bits per heavy atom. The number of phenols is 1. The van der Waals surface area contributed by atoms with Crippen molar-refractivity contribution in [3.8, 4) is 5.75 Å². The van der Waals surface area contributed by atoms with Crippen LogP contribution in [0.1, 0.15) is 46.6 Å². The Kier molecular flexibility index (Phi) is 17.3. The maximum atomic E-state index is 9.27. The zero-order chi connectivity index (χ0) is 16.5. The van der Waals surface area contributed by atoms with E-state index in [0.717, 1.165) is 12.0 Å². The van der Waals surface area contributed by atoms with Crippen molar-refractivity contribution in [2.45, 2.75) is 46.5 Å². The number of halogens is 3. The third kappa shape index (κ3) is 16.6. The van der Waals surface area contributed by atoms with Gasteiger partial charge in [-0.3, -0.25) is 6.08 Å². The third-order valence-corrected chi connectivity index (χ3v) is 2.55. The van der Waals surface area contributed by atoms with Gasteiger partial charge < -0.3 is 5.11 Å². The van der Waals surface area contributed by atoms with Gasteiger partial charge >= 0.3 is 37.6 Å². The van der Waals surface area contributed by atoms with Gasteiger partial charge in [-0.1, -0.05) is 32.4 Å². The van der Waals surface area contributed by atoms with Gasteiger partial charge in [-0.05, 0) is 29.2 Å². The van der Waals surface area contributed by atoms with Gasteiger partial charge in [0.2, 0.25) is 0 Å². The molecule has 2 rings (SSSR count). The third-order valence-electron chi connectivity index (χ3n) is 2.33. The minimum atomic E-state index is 0. The molecule has 0 radical (unpaired) electrons. The van der Waals surface area contributed by atoms with Crippen molar-refractivity contribution < 1.29 is 25.1 Å². The summed E-state index contributed by atoms with van der Waals surface area (Å²) in [5, 5.41) is 9.86. The van der Waals surface area contributed by atoms with E-state index >= 15 is 0 Å². The maximum absolute atomic E-state index is 9.27. The van der Waals surface area contributed by atoms with Crippen LogP contribution in [0.2, 0.25) is 5.02 Å². The second-order valence-electron chi connectivity index (χ2n) is 5.95. The van der Waals surface area contributed by atoms with Crippen LogP contribution in [0.4, 0.5) is 0 Å². The van der Waals surface area contributed by atoms with Crippen LogP contribution < -0.4 is 0 Å². The average molecular weight is 413 g/mol. The summed E-state index contributed by atoms with van der Waals surface area (Å²) in [6.07, 6.45) is 10.0. The fourth-order valence-electron chi connectivity index (χ4n) is 1.35. The summed E-state index contributed by atoms with van der Waals surface area (Å²) in [6.45, 7) is 10.4. The number of aromatic hydroxyl groups is 1. The smallest absolute Gasteiger partial charge is 0.109 e. The van der Waals surface area contributed by atoms with Gasteiger partial charge in [0.05, 0.1) is 0 Å². The predicted molar refractivity (Wildman–Crippen MR) is 104 cm³/mol. The Morgan fingerprint density at radius 1 is 1.17 bits per heavy atom. The van der Waals surface area contributed by atoms with Gasteiger partial charge in [0.1, 0.15) is 5.75 Å². The number of allylic oxidation sites excluding steroid dienone is 4. The van der Waals surface area contributed by atoms with Crippen LogP contribution in [0.25, 0.3) is 0 Å². The van der Waals surface area contributed by atoms with Gasteiger partial charge in [0.15, 0.2) is 0 Å². The zero-order valence-electron chi connectivity index (χ0n) is 14.3. The molecule has 1 N–H and O–H groups in total. The summed E-state index contributed by atoms with van der Waals surface area (Å²) in [6, 6.07) is 5.16. The van der Waals surface area contributed by atoms with Gasteiger partial charge in [-0.25, -0.2) is 12.2 Å². The van der Waals surface area contributed by atoms with Crippen LogP contribution in [-0.4, -0.2) is 8.92 Å². The quantitative estimate of drug-likeness (QED) is 0.395. The Bertz CT molecular complexity index is 483. The Hall–Kier alpha value is -0.0457. The van der Waals surface area contributed by atoms with Gasteiger partial charge in [-0.2, -0.15) is 6.08 Å². The first-order valence-electron chi connectivity index (χ1n) is 6.86. The topological polar surface area (TPSA) is 20.2 Å². The number of rotatable bonds is 0.